The molecule has 0 amide bonds. The Balaban J connectivity index is 1.85. The molecule has 6 heteroatoms. The Morgan fingerprint density at radius 1 is 1.47 bits per heavy atom. The number of piperazine rings is 1. The molecule has 2 unspecified atom stereocenters. The average molecular weight is 281 g/mol. The molecule has 0 aliphatic carbocycles. The minimum absolute atomic E-state index is 0.209. The van der Waals surface area contributed by atoms with Crippen molar-refractivity contribution >= 4 is 22.4 Å². The van der Waals surface area contributed by atoms with Crippen molar-refractivity contribution in [2.45, 2.75) is 38.8 Å². The molecule has 2 aliphatic heterocycles. The van der Waals surface area contributed by atoms with Crippen LogP contribution in [-0.4, -0.2) is 52.7 Å². The van der Waals surface area contributed by atoms with Crippen LogP contribution in [0.15, 0.2) is 0 Å². The second-order valence-electron chi connectivity index (χ2n) is 5.50. The first-order valence-corrected chi connectivity index (χ1v) is 7.59. The lowest BCUT2D eigenvalue weighted by Crippen LogP contribution is -2.55. The van der Waals surface area contributed by atoms with Crippen LogP contribution in [0.4, 0.5) is 5.13 Å². The molecule has 2 saturated heterocycles. The zero-order valence-electron chi connectivity index (χ0n) is 11.3. The number of nitrogens with zero attached hydrogens (tertiary/aromatic N) is 3. The number of hydrogen-bond acceptors (Lipinski definition) is 5. The second-order valence-corrected chi connectivity index (χ2v) is 6.68. The molecule has 2 aliphatic rings. The summed E-state index contributed by atoms with van der Waals surface area (Å²) in [5.74, 6) is -0.924. The first kappa shape index (κ1) is 12.9. The van der Waals surface area contributed by atoms with Crippen LogP contribution in [0.5, 0.6) is 0 Å². The Labute approximate surface area is 116 Å². The maximum atomic E-state index is 11.1. The summed E-state index contributed by atoms with van der Waals surface area (Å²) in [6.45, 7) is 7.28. The van der Waals surface area contributed by atoms with Crippen LogP contribution < -0.4 is 4.90 Å². The highest BCUT2D eigenvalue weighted by molar-refractivity contribution is 7.15. The lowest BCUT2D eigenvalue weighted by Gasteiger charge is -2.42. The minimum Gasteiger partial charge on any atom is -0.476 e. The van der Waals surface area contributed by atoms with Crippen LogP contribution in [0.25, 0.3) is 0 Å². The number of thiazole rings is 1. The van der Waals surface area contributed by atoms with Crippen LogP contribution in [0.3, 0.4) is 0 Å². The quantitative estimate of drug-likeness (QED) is 0.896. The third kappa shape index (κ3) is 2.23. The minimum atomic E-state index is -0.924. The summed E-state index contributed by atoms with van der Waals surface area (Å²) in [5.41, 5.74) is 0.209. The first-order valence-electron chi connectivity index (χ1n) is 6.77. The van der Waals surface area contributed by atoms with Crippen molar-refractivity contribution in [3.63, 3.8) is 0 Å². The molecular weight excluding hydrogens is 262 g/mol. The molecule has 2 atom stereocenters. The molecule has 0 radical (unpaired) electrons. The fourth-order valence-electron chi connectivity index (χ4n) is 3.16. The normalized spacial score (nSPS) is 27.6. The summed E-state index contributed by atoms with van der Waals surface area (Å²) in [6, 6.07) is 1.02. The molecule has 0 aromatic carbocycles. The lowest BCUT2D eigenvalue weighted by atomic mass is 10.1. The van der Waals surface area contributed by atoms with E-state index in [-0.39, 0.29) is 5.69 Å². The van der Waals surface area contributed by atoms with Gasteiger partial charge in [-0.2, -0.15) is 0 Å². The molecule has 0 bridgehead atoms. The van der Waals surface area contributed by atoms with E-state index in [4.69, 9.17) is 5.11 Å². The van der Waals surface area contributed by atoms with Gasteiger partial charge < -0.3 is 10.0 Å². The van der Waals surface area contributed by atoms with Gasteiger partial charge in [-0.1, -0.05) is 0 Å². The number of fused-ring (bicyclic) bond motifs is 1. The monoisotopic (exact) mass is 281 g/mol. The molecule has 0 saturated carbocycles. The Morgan fingerprint density at radius 2 is 2.26 bits per heavy atom. The second kappa shape index (κ2) is 4.76. The van der Waals surface area contributed by atoms with E-state index in [1.165, 1.54) is 30.7 Å². The van der Waals surface area contributed by atoms with E-state index >= 15 is 0 Å². The maximum absolute atomic E-state index is 11.1. The van der Waals surface area contributed by atoms with Gasteiger partial charge in [-0.15, -0.1) is 11.3 Å². The number of rotatable bonds is 2. The Kier molecular flexibility index (Phi) is 3.22. The average Bonchev–Trinajstić information content (AvgIpc) is 2.93. The SMILES string of the molecule is Cc1sc(N2CC3CCCN3CC2C)nc1C(=O)O. The van der Waals surface area contributed by atoms with Crippen molar-refractivity contribution in [2.24, 2.45) is 0 Å². The van der Waals surface area contributed by atoms with E-state index in [9.17, 15) is 4.79 Å². The summed E-state index contributed by atoms with van der Waals surface area (Å²) < 4.78 is 0. The fraction of sp³-hybridized carbons (Fsp3) is 0.692. The highest BCUT2D eigenvalue weighted by Gasteiger charge is 2.35. The fourth-order valence-corrected chi connectivity index (χ4v) is 4.17. The van der Waals surface area contributed by atoms with Crippen molar-refractivity contribution in [1.29, 1.82) is 0 Å². The van der Waals surface area contributed by atoms with E-state index in [1.807, 2.05) is 6.92 Å². The number of anilines is 1. The number of aromatic carboxylic acids is 1. The van der Waals surface area contributed by atoms with Crippen molar-refractivity contribution in [1.82, 2.24) is 9.88 Å². The molecule has 0 spiro atoms. The maximum Gasteiger partial charge on any atom is 0.355 e. The molecular formula is C13H19N3O2S. The van der Waals surface area contributed by atoms with E-state index in [0.29, 0.717) is 12.1 Å². The van der Waals surface area contributed by atoms with Crippen molar-refractivity contribution < 1.29 is 9.90 Å². The van der Waals surface area contributed by atoms with Crippen LogP contribution in [0.2, 0.25) is 0 Å². The predicted molar refractivity (Wildman–Crippen MR) is 75.2 cm³/mol. The van der Waals surface area contributed by atoms with Crippen molar-refractivity contribution in [2.75, 3.05) is 24.5 Å². The zero-order chi connectivity index (χ0) is 13.6. The van der Waals surface area contributed by atoms with E-state index in [1.54, 1.807) is 0 Å². The van der Waals surface area contributed by atoms with Crippen molar-refractivity contribution in [3.8, 4) is 0 Å². The van der Waals surface area contributed by atoms with Gasteiger partial charge in [0, 0.05) is 30.1 Å². The number of carbonyl (C=O) groups is 1. The molecule has 3 rings (SSSR count). The third-order valence-corrected chi connectivity index (χ3v) is 5.18. The van der Waals surface area contributed by atoms with Crippen LogP contribution in [-0.2, 0) is 0 Å². The highest BCUT2D eigenvalue weighted by atomic mass is 32.1. The van der Waals surface area contributed by atoms with Crippen LogP contribution in [0.1, 0.15) is 35.1 Å². The Morgan fingerprint density at radius 3 is 2.95 bits per heavy atom. The number of aryl methyl sites for hydroxylation is 1. The summed E-state index contributed by atoms with van der Waals surface area (Å²) in [5, 5.41) is 9.98. The summed E-state index contributed by atoms with van der Waals surface area (Å²) in [6.07, 6.45) is 2.53. The molecule has 2 fully saturated rings. The van der Waals surface area contributed by atoms with Gasteiger partial charge in [0.05, 0.1) is 0 Å². The van der Waals surface area contributed by atoms with Crippen molar-refractivity contribution in [3.05, 3.63) is 10.6 Å². The van der Waals surface area contributed by atoms with Gasteiger partial charge in [-0.3, -0.25) is 4.90 Å². The summed E-state index contributed by atoms with van der Waals surface area (Å²) >= 11 is 1.50. The zero-order valence-corrected chi connectivity index (χ0v) is 12.1. The van der Waals surface area contributed by atoms with Gasteiger partial charge in [0.25, 0.3) is 0 Å². The molecule has 19 heavy (non-hydrogen) atoms. The molecule has 1 N–H and O–H groups in total. The molecule has 104 valence electrons. The Hall–Kier alpha value is -1.14. The van der Waals surface area contributed by atoms with Crippen LogP contribution in [0, 0.1) is 6.92 Å². The van der Waals surface area contributed by atoms with Gasteiger partial charge in [0.1, 0.15) is 0 Å². The highest BCUT2D eigenvalue weighted by Crippen LogP contribution is 2.32. The summed E-state index contributed by atoms with van der Waals surface area (Å²) in [7, 11) is 0. The molecule has 1 aromatic rings. The Bertz CT molecular complexity index is 502. The van der Waals surface area contributed by atoms with Crippen LogP contribution >= 0.6 is 11.3 Å². The van der Waals surface area contributed by atoms with Gasteiger partial charge in [0.2, 0.25) is 0 Å². The third-order valence-electron chi connectivity index (χ3n) is 4.17. The van der Waals surface area contributed by atoms with Gasteiger partial charge in [0.15, 0.2) is 10.8 Å². The largest absolute Gasteiger partial charge is 0.476 e. The van der Waals surface area contributed by atoms with E-state index in [0.717, 1.165) is 23.1 Å². The van der Waals surface area contributed by atoms with E-state index < -0.39 is 5.97 Å². The predicted octanol–water partition coefficient (Wildman–Crippen LogP) is 1.82. The molecule has 5 nitrogen and oxygen atoms in total. The van der Waals surface area contributed by atoms with Gasteiger partial charge in [-0.25, -0.2) is 9.78 Å². The molecule has 3 heterocycles. The molecule has 1 aromatic heterocycles. The number of aromatic nitrogens is 1. The topological polar surface area (TPSA) is 56.7 Å². The number of hydrogen-bond donors (Lipinski definition) is 1. The van der Waals surface area contributed by atoms with Gasteiger partial charge >= 0.3 is 5.97 Å². The smallest absolute Gasteiger partial charge is 0.355 e. The standard InChI is InChI=1S/C13H19N3O2S/c1-8-6-15-5-3-4-10(15)7-16(8)13-14-11(12(17)18)9(2)19-13/h8,10H,3-7H2,1-2H3,(H,17,18). The number of carboxylic acid groups (broad SMARTS) is 1. The lowest BCUT2D eigenvalue weighted by molar-refractivity contribution is 0.0690. The van der Waals surface area contributed by atoms with E-state index in [2.05, 4.69) is 21.7 Å². The number of carboxylic acids is 1. The summed E-state index contributed by atoms with van der Waals surface area (Å²) in [4.78, 5) is 21.1. The first-order chi connectivity index (χ1) is 9.06. The van der Waals surface area contributed by atoms with Gasteiger partial charge in [-0.05, 0) is 33.2 Å².